The first kappa shape index (κ1) is 12.9. The molecule has 0 aliphatic carbocycles. The largest absolute Gasteiger partial charge is 0.341 e. The van der Waals surface area contributed by atoms with Gasteiger partial charge in [0.2, 0.25) is 5.91 Å². The van der Waals surface area contributed by atoms with Crippen molar-refractivity contribution in [2.75, 3.05) is 24.6 Å². The Morgan fingerprint density at radius 3 is 2.80 bits per heavy atom. The van der Waals surface area contributed by atoms with E-state index >= 15 is 0 Å². The van der Waals surface area contributed by atoms with E-state index in [0.717, 1.165) is 31.7 Å². The Hall–Kier alpha value is -0.180. The van der Waals surface area contributed by atoms with Crippen molar-refractivity contribution in [1.29, 1.82) is 0 Å². The minimum absolute atomic E-state index is 0.323. The first-order valence-corrected chi connectivity index (χ1v) is 7.06. The Kier molecular flexibility index (Phi) is 4.97. The van der Waals surface area contributed by atoms with Gasteiger partial charge in [-0.2, -0.15) is 11.8 Å². The average molecular weight is 229 g/mol. The maximum atomic E-state index is 11.9. The van der Waals surface area contributed by atoms with Gasteiger partial charge in [-0.25, -0.2) is 0 Å². The average Bonchev–Trinajstić information content (AvgIpc) is 2.16. The minimum atomic E-state index is 0.323. The molecular weight excluding hydrogens is 206 g/mol. The summed E-state index contributed by atoms with van der Waals surface area (Å²) < 4.78 is 0. The highest BCUT2D eigenvalue weighted by Gasteiger charge is 2.28. The van der Waals surface area contributed by atoms with Crippen molar-refractivity contribution < 1.29 is 4.79 Å². The normalized spacial score (nSPS) is 20.3. The molecule has 0 aromatic carbocycles. The summed E-state index contributed by atoms with van der Waals surface area (Å²) in [6, 6.07) is 0. The van der Waals surface area contributed by atoms with Gasteiger partial charge in [0.1, 0.15) is 0 Å². The van der Waals surface area contributed by atoms with Crippen LogP contribution < -0.4 is 0 Å². The molecular formula is C12H23NOS. The lowest BCUT2D eigenvalue weighted by Gasteiger charge is -2.38. The number of piperidine rings is 1. The smallest absolute Gasteiger partial charge is 0.232 e. The lowest BCUT2D eigenvalue weighted by Crippen LogP contribution is -2.44. The van der Waals surface area contributed by atoms with Gasteiger partial charge in [-0.1, -0.05) is 20.8 Å². The second kappa shape index (κ2) is 5.78. The molecule has 1 saturated heterocycles. The highest BCUT2D eigenvalue weighted by molar-refractivity contribution is 7.99. The van der Waals surface area contributed by atoms with Gasteiger partial charge in [-0.05, 0) is 30.4 Å². The summed E-state index contributed by atoms with van der Waals surface area (Å²) in [5, 5.41) is 0. The van der Waals surface area contributed by atoms with E-state index in [1.807, 2.05) is 4.90 Å². The zero-order valence-corrected chi connectivity index (χ0v) is 11.0. The number of hydrogen-bond acceptors (Lipinski definition) is 2. The van der Waals surface area contributed by atoms with Crippen molar-refractivity contribution >= 4 is 17.7 Å². The standard InChI is InChI=1S/C12H23NOS/c1-4-8-15-9-11(14)13-7-5-6-12(2,3)10-13/h4-10H2,1-3H3. The van der Waals surface area contributed by atoms with Crippen LogP contribution in [0.15, 0.2) is 0 Å². The van der Waals surface area contributed by atoms with Gasteiger partial charge in [0.25, 0.3) is 0 Å². The fourth-order valence-electron chi connectivity index (χ4n) is 2.03. The van der Waals surface area contributed by atoms with Gasteiger partial charge in [-0.3, -0.25) is 4.79 Å². The topological polar surface area (TPSA) is 20.3 Å². The number of carbonyl (C=O) groups is 1. The Morgan fingerprint density at radius 2 is 2.20 bits per heavy atom. The summed E-state index contributed by atoms with van der Waals surface area (Å²) in [5.41, 5.74) is 0.323. The van der Waals surface area contributed by atoms with Gasteiger partial charge < -0.3 is 4.90 Å². The van der Waals surface area contributed by atoms with E-state index in [1.54, 1.807) is 11.8 Å². The second-order valence-electron chi connectivity index (χ2n) is 5.14. The number of rotatable bonds is 4. The Morgan fingerprint density at radius 1 is 1.47 bits per heavy atom. The van der Waals surface area contributed by atoms with E-state index in [4.69, 9.17) is 0 Å². The zero-order valence-electron chi connectivity index (χ0n) is 10.2. The molecule has 1 rings (SSSR count). The van der Waals surface area contributed by atoms with Crippen LogP contribution in [-0.4, -0.2) is 35.4 Å². The van der Waals surface area contributed by atoms with Crippen LogP contribution in [0.25, 0.3) is 0 Å². The monoisotopic (exact) mass is 229 g/mol. The molecule has 1 heterocycles. The van der Waals surface area contributed by atoms with Gasteiger partial charge in [0, 0.05) is 13.1 Å². The van der Waals surface area contributed by atoms with Crippen molar-refractivity contribution in [3.63, 3.8) is 0 Å². The Labute approximate surface area is 97.8 Å². The molecule has 0 bridgehead atoms. The van der Waals surface area contributed by atoms with E-state index in [9.17, 15) is 4.79 Å². The SMILES string of the molecule is CCCSCC(=O)N1CCCC(C)(C)C1. The molecule has 0 atom stereocenters. The highest BCUT2D eigenvalue weighted by Crippen LogP contribution is 2.28. The summed E-state index contributed by atoms with van der Waals surface area (Å²) in [5.74, 6) is 2.11. The molecule has 0 radical (unpaired) electrons. The molecule has 0 aromatic rings. The lowest BCUT2D eigenvalue weighted by molar-refractivity contribution is -0.131. The van der Waals surface area contributed by atoms with Crippen LogP contribution in [0.3, 0.4) is 0 Å². The van der Waals surface area contributed by atoms with Gasteiger partial charge in [-0.15, -0.1) is 0 Å². The second-order valence-corrected chi connectivity index (χ2v) is 6.24. The molecule has 0 spiro atoms. The number of hydrogen-bond donors (Lipinski definition) is 0. The van der Waals surface area contributed by atoms with Crippen LogP contribution in [0.4, 0.5) is 0 Å². The van der Waals surface area contributed by atoms with Crippen LogP contribution in [0.1, 0.15) is 40.0 Å². The molecule has 1 fully saturated rings. The van der Waals surface area contributed by atoms with Gasteiger partial charge >= 0.3 is 0 Å². The van der Waals surface area contributed by atoms with Crippen molar-refractivity contribution in [1.82, 2.24) is 4.90 Å². The summed E-state index contributed by atoms with van der Waals surface area (Å²) >= 11 is 1.76. The van der Waals surface area contributed by atoms with Crippen LogP contribution in [0.2, 0.25) is 0 Å². The van der Waals surface area contributed by atoms with E-state index in [0.29, 0.717) is 17.1 Å². The van der Waals surface area contributed by atoms with Crippen LogP contribution >= 0.6 is 11.8 Å². The maximum Gasteiger partial charge on any atom is 0.232 e. The first-order valence-electron chi connectivity index (χ1n) is 5.91. The van der Waals surface area contributed by atoms with Gasteiger partial charge in [0.05, 0.1) is 5.75 Å². The zero-order chi connectivity index (χ0) is 11.3. The third-order valence-corrected chi connectivity index (χ3v) is 3.98. The number of nitrogens with zero attached hydrogens (tertiary/aromatic N) is 1. The summed E-state index contributed by atoms with van der Waals surface area (Å²) in [4.78, 5) is 13.9. The molecule has 3 heteroatoms. The molecule has 1 amide bonds. The molecule has 1 aliphatic rings. The number of thioether (sulfide) groups is 1. The molecule has 0 unspecified atom stereocenters. The number of likely N-dealkylation sites (tertiary alicyclic amines) is 1. The summed E-state index contributed by atoms with van der Waals surface area (Å²) in [7, 11) is 0. The molecule has 1 aliphatic heterocycles. The first-order chi connectivity index (χ1) is 7.05. The summed E-state index contributed by atoms with van der Waals surface area (Å²) in [6.45, 7) is 8.58. The van der Waals surface area contributed by atoms with E-state index in [-0.39, 0.29) is 0 Å². The van der Waals surface area contributed by atoms with Crippen LogP contribution in [0.5, 0.6) is 0 Å². The lowest BCUT2D eigenvalue weighted by atomic mass is 9.84. The third-order valence-electron chi connectivity index (χ3n) is 2.83. The van der Waals surface area contributed by atoms with Crippen molar-refractivity contribution in [2.24, 2.45) is 5.41 Å². The number of amides is 1. The van der Waals surface area contributed by atoms with Crippen molar-refractivity contribution in [2.45, 2.75) is 40.0 Å². The van der Waals surface area contributed by atoms with Crippen molar-refractivity contribution in [3.8, 4) is 0 Å². The molecule has 15 heavy (non-hydrogen) atoms. The molecule has 88 valence electrons. The van der Waals surface area contributed by atoms with E-state index in [2.05, 4.69) is 20.8 Å². The predicted octanol–water partition coefficient (Wildman–Crippen LogP) is 2.78. The third kappa shape index (κ3) is 4.45. The van der Waals surface area contributed by atoms with Crippen LogP contribution in [0, 0.1) is 5.41 Å². The van der Waals surface area contributed by atoms with Crippen LogP contribution in [-0.2, 0) is 4.79 Å². The maximum absolute atomic E-state index is 11.9. The Bertz CT molecular complexity index is 216. The fraction of sp³-hybridized carbons (Fsp3) is 0.917. The molecule has 0 N–H and O–H groups in total. The van der Waals surface area contributed by atoms with Crippen molar-refractivity contribution in [3.05, 3.63) is 0 Å². The highest BCUT2D eigenvalue weighted by atomic mass is 32.2. The van der Waals surface area contributed by atoms with E-state index < -0.39 is 0 Å². The number of carbonyl (C=O) groups excluding carboxylic acids is 1. The molecule has 0 aromatic heterocycles. The molecule has 0 saturated carbocycles. The quantitative estimate of drug-likeness (QED) is 0.691. The van der Waals surface area contributed by atoms with E-state index in [1.165, 1.54) is 6.42 Å². The molecule has 2 nitrogen and oxygen atoms in total. The minimum Gasteiger partial charge on any atom is -0.341 e. The van der Waals surface area contributed by atoms with Gasteiger partial charge in [0.15, 0.2) is 0 Å². The predicted molar refractivity (Wildman–Crippen MR) is 67.2 cm³/mol. The Balaban J connectivity index is 2.32. The summed E-state index contributed by atoms with van der Waals surface area (Å²) in [6.07, 6.45) is 3.57. The fourth-order valence-corrected chi connectivity index (χ4v) is 2.82.